The molecule has 0 aliphatic rings. The molecule has 1 amide bonds. The first-order valence-electron chi connectivity index (χ1n) is 11.4. The summed E-state index contributed by atoms with van der Waals surface area (Å²) in [5, 5.41) is 11.3. The summed E-state index contributed by atoms with van der Waals surface area (Å²) in [7, 11) is 0. The third-order valence-corrected chi connectivity index (χ3v) is 5.99. The first-order valence-corrected chi connectivity index (χ1v) is 11.9. The van der Waals surface area contributed by atoms with E-state index in [4.69, 9.17) is 13.0 Å². The van der Waals surface area contributed by atoms with Crippen LogP contribution in [-0.2, 0) is 4.79 Å². The van der Waals surface area contributed by atoms with Crippen molar-refractivity contribution in [2.24, 2.45) is 0 Å². The van der Waals surface area contributed by atoms with Gasteiger partial charge in [-0.25, -0.2) is 9.97 Å². The number of hydrogen-bond donors (Lipinski definition) is 2. The van der Waals surface area contributed by atoms with Crippen molar-refractivity contribution < 1.29 is 19.7 Å². The van der Waals surface area contributed by atoms with Crippen LogP contribution in [0.1, 0.15) is 28.0 Å². The van der Waals surface area contributed by atoms with Gasteiger partial charge >= 0.3 is 6.61 Å². The molecule has 1 atom stereocenters. The summed E-state index contributed by atoms with van der Waals surface area (Å²) >= 11 is 9.48. The molecule has 0 saturated carbocycles. The van der Waals surface area contributed by atoms with Gasteiger partial charge < -0.3 is 15.4 Å². The molecule has 4 rings (SSSR count). The minimum Gasteiger partial charge on any atom is -0.434 e. The molecule has 0 bridgehead atoms. The number of carbonyl (C=O) groups excluding carboxylic acids is 1. The highest BCUT2D eigenvalue weighted by Crippen LogP contribution is 2.34. The number of halogens is 4. The van der Waals surface area contributed by atoms with E-state index in [9.17, 15) is 13.6 Å². The number of fused-ring (bicyclic) bond motifs is 3. The van der Waals surface area contributed by atoms with Crippen molar-refractivity contribution in [3.63, 3.8) is 0 Å². The SMILES string of the molecule is [2H]CCCCNC(=O)[C@H](C)Nc1nc2c(Br)cccc2c2nc(-c3ccc(Cl)cc3OC(F)F)nn12. The summed E-state index contributed by atoms with van der Waals surface area (Å²) in [6, 6.07) is 9.08. The molecule has 0 spiro atoms. The highest BCUT2D eigenvalue weighted by molar-refractivity contribution is 9.10. The van der Waals surface area contributed by atoms with Gasteiger partial charge in [0, 0.05) is 22.8 Å². The molecule has 12 heteroatoms. The number of nitrogens with zero attached hydrogens (tertiary/aromatic N) is 4. The molecule has 0 aliphatic carbocycles. The van der Waals surface area contributed by atoms with Gasteiger partial charge in [-0.3, -0.25) is 4.79 Å². The predicted molar refractivity (Wildman–Crippen MR) is 134 cm³/mol. The average Bonchev–Trinajstić information content (AvgIpc) is 3.28. The molecular formula is C23H22BrClF2N6O2. The second-order valence-corrected chi connectivity index (χ2v) is 8.92. The van der Waals surface area contributed by atoms with Crippen LogP contribution in [0, 0.1) is 0 Å². The number of benzene rings is 2. The number of alkyl halides is 2. The van der Waals surface area contributed by atoms with E-state index in [0.29, 0.717) is 47.3 Å². The van der Waals surface area contributed by atoms with Crippen LogP contribution in [0.3, 0.4) is 0 Å². The first kappa shape index (κ1) is 23.7. The number of hydrogen-bond acceptors (Lipinski definition) is 6. The monoisotopic (exact) mass is 567 g/mol. The van der Waals surface area contributed by atoms with Crippen molar-refractivity contribution in [2.45, 2.75) is 39.3 Å². The smallest absolute Gasteiger partial charge is 0.387 e. The lowest BCUT2D eigenvalue weighted by Gasteiger charge is -2.16. The lowest BCUT2D eigenvalue weighted by Crippen LogP contribution is -2.38. The maximum atomic E-state index is 13.0. The molecule has 0 unspecified atom stereocenters. The highest BCUT2D eigenvalue weighted by Gasteiger charge is 2.21. The molecular weight excluding hydrogens is 546 g/mol. The largest absolute Gasteiger partial charge is 0.434 e. The third-order valence-electron chi connectivity index (χ3n) is 5.12. The molecule has 8 nitrogen and oxygen atoms in total. The molecule has 0 radical (unpaired) electrons. The van der Waals surface area contributed by atoms with Gasteiger partial charge in [-0.05, 0) is 59.6 Å². The Hall–Kier alpha value is -3.05. The highest BCUT2D eigenvalue weighted by atomic mass is 79.9. The maximum Gasteiger partial charge on any atom is 0.387 e. The number of amides is 1. The van der Waals surface area contributed by atoms with E-state index in [-0.39, 0.29) is 34.0 Å². The quantitative estimate of drug-likeness (QED) is 0.253. The number of anilines is 1. The Morgan fingerprint density at radius 1 is 1.31 bits per heavy atom. The van der Waals surface area contributed by atoms with E-state index in [1.54, 1.807) is 6.92 Å². The lowest BCUT2D eigenvalue weighted by molar-refractivity contribution is -0.121. The first-order chi connectivity index (χ1) is 17.3. The zero-order valence-corrected chi connectivity index (χ0v) is 20.9. The van der Waals surface area contributed by atoms with Gasteiger partial charge in [0.1, 0.15) is 11.8 Å². The summed E-state index contributed by atoms with van der Waals surface area (Å²) in [5.41, 5.74) is 1.20. The Bertz CT molecular complexity index is 1410. The molecule has 0 aliphatic heterocycles. The molecule has 2 aromatic heterocycles. The minimum absolute atomic E-state index is 0.118. The van der Waals surface area contributed by atoms with Gasteiger partial charge in [0.05, 0.1) is 11.1 Å². The maximum absolute atomic E-state index is 13.0. The van der Waals surface area contributed by atoms with E-state index in [1.807, 2.05) is 18.2 Å². The van der Waals surface area contributed by atoms with Gasteiger partial charge in [-0.15, -0.1) is 5.10 Å². The zero-order valence-electron chi connectivity index (χ0n) is 19.6. The Balaban J connectivity index is 1.78. The number of aromatic nitrogens is 4. The number of unbranched alkanes of at least 4 members (excludes halogenated alkanes) is 1. The fraction of sp³-hybridized carbons (Fsp3) is 0.304. The standard InChI is InChI=1S/C23H22BrClF2N6O2/c1-3-4-10-28-21(34)12(2)29-23-30-18-15(6-5-7-16(18)24)20-31-19(32-33(20)23)14-9-8-13(25)11-17(14)35-22(26)27/h5-9,11-12,22H,3-4,10H2,1-2H3,(H,28,34)(H,29,30)/t12-/m0/s1/i1D. The Kier molecular flexibility index (Phi) is 7.24. The van der Waals surface area contributed by atoms with Crippen LogP contribution < -0.4 is 15.4 Å². The van der Waals surface area contributed by atoms with Crippen LogP contribution in [0.25, 0.3) is 27.9 Å². The van der Waals surface area contributed by atoms with Crippen LogP contribution in [-0.4, -0.2) is 44.7 Å². The van der Waals surface area contributed by atoms with Crippen molar-refractivity contribution >= 4 is 55.9 Å². The normalized spacial score (nSPS) is 12.7. The van der Waals surface area contributed by atoms with Gasteiger partial charge in [-0.2, -0.15) is 13.3 Å². The van der Waals surface area contributed by atoms with E-state index in [2.05, 4.69) is 46.4 Å². The predicted octanol–water partition coefficient (Wildman–Crippen LogP) is 5.68. The summed E-state index contributed by atoms with van der Waals surface area (Å²) in [6.45, 7) is -0.602. The fourth-order valence-corrected chi connectivity index (χ4v) is 4.04. The molecule has 4 aromatic rings. The van der Waals surface area contributed by atoms with Gasteiger partial charge in [-0.1, -0.05) is 31.0 Å². The Labute approximate surface area is 214 Å². The van der Waals surface area contributed by atoms with Crippen LogP contribution in [0.4, 0.5) is 14.7 Å². The van der Waals surface area contributed by atoms with Gasteiger partial charge in [0.2, 0.25) is 11.9 Å². The van der Waals surface area contributed by atoms with Crippen LogP contribution in [0.15, 0.2) is 40.9 Å². The van der Waals surface area contributed by atoms with Gasteiger partial charge in [0.15, 0.2) is 11.5 Å². The van der Waals surface area contributed by atoms with Crippen molar-refractivity contribution in [1.29, 1.82) is 0 Å². The number of para-hydroxylation sites is 1. The molecule has 2 N–H and O–H groups in total. The number of ether oxygens (including phenoxy) is 1. The second kappa shape index (κ2) is 10.7. The molecule has 0 fully saturated rings. The van der Waals surface area contributed by atoms with Crippen molar-refractivity contribution in [2.75, 3.05) is 11.9 Å². The minimum atomic E-state index is -3.06. The second-order valence-electron chi connectivity index (χ2n) is 7.63. The van der Waals surface area contributed by atoms with E-state index in [1.165, 1.54) is 22.7 Å². The molecule has 184 valence electrons. The van der Waals surface area contributed by atoms with Crippen LogP contribution in [0.2, 0.25) is 5.02 Å². The molecule has 2 aromatic carbocycles. The Morgan fingerprint density at radius 3 is 2.91 bits per heavy atom. The van der Waals surface area contributed by atoms with Crippen molar-refractivity contribution in [3.05, 3.63) is 45.9 Å². The van der Waals surface area contributed by atoms with Gasteiger partial charge in [0.25, 0.3) is 0 Å². The lowest BCUT2D eigenvalue weighted by atomic mass is 10.2. The zero-order chi connectivity index (χ0) is 25.8. The van der Waals surface area contributed by atoms with Crippen molar-refractivity contribution in [1.82, 2.24) is 24.9 Å². The van der Waals surface area contributed by atoms with E-state index in [0.717, 1.165) is 0 Å². The molecule has 0 saturated heterocycles. The van der Waals surface area contributed by atoms with E-state index >= 15 is 0 Å². The van der Waals surface area contributed by atoms with Crippen molar-refractivity contribution in [3.8, 4) is 17.1 Å². The van der Waals surface area contributed by atoms with E-state index < -0.39 is 12.7 Å². The fourth-order valence-electron chi connectivity index (χ4n) is 3.43. The summed E-state index contributed by atoms with van der Waals surface area (Å²) in [6.07, 6.45) is 1.41. The third kappa shape index (κ3) is 5.46. The molecule has 35 heavy (non-hydrogen) atoms. The summed E-state index contributed by atoms with van der Waals surface area (Å²) in [5.74, 6) is -0.0519. The summed E-state index contributed by atoms with van der Waals surface area (Å²) < 4.78 is 40.1. The molecule has 2 heterocycles. The average molecular weight is 569 g/mol. The Morgan fingerprint density at radius 2 is 2.14 bits per heavy atom. The van der Waals surface area contributed by atoms with Crippen LogP contribution >= 0.6 is 27.5 Å². The number of nitrogens with one attached hydrogen (secondary N) is 2. The number of carbonyl (C=O) groups is 1. The topological polar surface area (TPSA) is 93.4 Å². The van der Waals surface area contributed by atoms with Crippen LogP contribution in [0.5, 0.6) is 5.75 Å². The summed E-state index contributed by atoms with van der Waals surface area (Å²) in [4.78, 5) is 21.8. The number of rotatable bonds is 9.